The van der Waals surface area contributed by atoms with Crippen molar-refractivity contribution in [2.45, 2.75) is 12.8 Å². The fourth-order valence-corrected chi connectivity index (χ4v) is 2.57. The molecule has 0 spiro atoms. The lowest BCUT2D eigenvalue weighted by Gasteiger charge is -1.99. The minimum atomic E-state index is 0.621. The average Bonchev–Trinajstić information content (AvgIpc) is 3.13. The predicted octanol–water partition coefficient (Wildman–Crippen LogP) is 3.55. The van der Waals surface area contributed by atoms with E-state index in [0.29, 0.717) is 5.95 Å². The van der Waals surface area contributed by atoms with E-state index in [1.54, 1.807) is 6.20 Å². The van der Waals surface area contributed by atoms with E-state index in [9.17, 15) is 0 Å². The fraction of sp³-hybridized carbons (Fsp3) is 0.118. The molecular formula is C17H15N5. The number of aliphatic imine (C=N–C) groups is 1. The number of hydrogen-bond donors (Lipinski definition) is 2. The SMILES string of the molecule is C=C1CCC(=Nc2nc3ccc(-c4cccnc4)cc3[nH]2)N1. The van der Waals surface area contributed by atoms with Gasteiger partial charge in [-0.2, -0.15) is 4.99 Å². The minimum absolute atomic E-state index is 0.621. The molecule has 0 saturated carbocycles. The van der Waals surface area contributed by atoms with E-state index < -0.39 is 0 Å². The Morgan fingerprint density at radius 2 is 2.09 bits per heavy atom. The Bertz CT molecular complexity index is 876. The Hall–Kier alpha value is -2.95. The number of pyridine rings is 1. The van der Waals surface area contributed by atoms with Crippen LogP contribution in [-0.4, -0.2) is 20.8 Å². The first-order chi connectivity index (χ1) is 10.8. The molecule has 5 nitrogen and oxygen atoms in total. The topological polar surface area (TPSA) is 66.0 Å². The molecule has 0 amide bonds. The molecule has 108 valence electrons. The van der Waals surface area contributed by atoms with Crippen LogP contribution in [0.1, 0.15) is 12.8 Å². The maximum absolute atomic E-state index is 4.51. The molecule has 1 fully saturated rings. The van der Waals surface area contributed by atoms with Crippen molar-refractivity contribution in [1.82, 2.24) is 20.3 Å². The van der Waals surface area contributed by atoms with E-state index in [1.165, 1.54) is 0 Å². The zero-order valence-electron chi connectivity index (χ0n) is 12.0. The summed E-state index contributed by atoms with van der Waals surface area (Å²) >= 11 is 0. The van der Waals surface area contributed by atoms with Crippen LogP contribution in [0.15, 0.2) is 60.0 Å². The number of fused-ring (bicyclic) bond motifs is 1. The van der Waals surface area contributed by atoms with Gasteiger partial charge in [0.05, 0.1) is 11.0 Å². The zero-order valence-corrected chi connectivity index (χ0v) is 12.0. The molecule has 4 rings (SSSR count). The Kier molecular flexibility index (Phi) is 2.96. The number of nitrogens with one attached hydrogen (secondary N) is 2. The summed E-state index contributed by atoms with van der Waals surface area (Å²) in [7, 11) is 0. The quantitative estimate of drug-likeness (QED) is 0.758. The first-order valence-corrected chi connectivity index (χ1v) is 7.20. The first kappa shape index (κ1) is 12.8. The third-order valence-corrected chi connectivity index (χ3v) is 3.69. The maximum atomic E-state index is 4.51. The van der Waals surface area contributed by atoms with Crippen molar-refractivity contribution in [3.8, 4) is 11.1 Å². The summed E-state index contributed by atoms with van der Waals surface area (Å²) in [6.07, 6.45) is 5.45. The zero-order chi connectivity index (χ0) is 14.9. The molecule has 0 unspecified atom stereocenters. The van der Waals surface area contributed by atoms with E-state index in [0.717, 1.165) is 46.5 Å². The Balaban J connectivity index is 1.71. The molecule has 2 N–H and O–H groups in total. The number of aromatic amines is 1. The molecule has 0 atom stereocenters. The van der Waals surface area contributed by atoms with E-state index in [-0.39, 0.29) is 0 Å². The van der Waals surface area contributed by atoms with Crippen LogP contribution in [0.2, 0.25) is 0 Å². The number of nitrogens with zero attached hydrogens (tertiary/aromatic N) is 3. The van der Waals surface area contributed by atoms with Crippen LogP contribution in [-0.2, 0) is 0 Å². The molecular weight excluding hydrogens is 274 g/mol. The highest BCUT2D eigenvalue weighted by atomic mass is 15.1. The van der Waals surface area contributed by atoms with E-state index in [2.05, 4.69) is 37.9 Å². The third kappa shape index (κ3) is 2.37. The molecule has 1 saturated heterocycles. The van der Waals surface area contributed by atoms with Crippen LogP contribution < -0.4 is 5.32 Å². The predicted molar refractivity (Wildman–Crippen MR) is 87.9 cm³/mol. The van der Waals surface area contributed by atoms with Crippen molar-refractivity contribution in [2.75, 3.05) is 0 Å². The van der Waals surface area contributed by atoms with Crippen LogP contribution in [0.25, 0.3) is 22.2 Å². The van der Waals surface area contributed by atoms with Gasteiger partial charge >= 0.3 is 0 Å². The van der Waals surface area contributed by atoms with Gasteiger partial charge < -0.3 is 10.3 Å². The highest BCUT2D eigenvalue weighted by Gasteiger charge is 2.12. The van der Waals surface area contributed by atoms with E-state index in [4.69, 9.17) is 0 Å². The van der Waals surface area contributed by atoms with Crippen molar-refractivity contribution in [3.63, 3.8) is 0 Å². The molecule has 1 aliphatic rings. The molecule has 3 heterocycles. The average molecular weight is 289 g/mol. The highest BCUT2D eigenvalue weighted by molar-refractivity contribution is 5.89. The Labute approximate surface area is 127 Å². The number of imidazole rings is 1. The number of aromatic nitrogens is 3. The van der Waals surface area contributed by atoms with Gasteiger partial charge in [0.1, 0.15) is 5.84 Å². The van der Waals surface area contributed by atoms with Crippen LogP contribution in [0, 0.1) is 0 Å². The van der Waals surface area contributed by atoms with Gasteiger partial charge in [-0.05, 0) is 30.2 Å². The summed E-state index contributed by atoms with van der Waals surface area (Å²) < 4.78 is 0. The van der Waals surface area contributed by atoms with Crippen molar-refractivity contribution in [1.29, 1.82) is 0 Å². The molecule has 2 aromatic heterocycles. The summed E-state index contributed by atoms with van der Waals surface area (Å²) in [4.78, 5) is 16.4. The van der Waals surface area contributed by atoms with Gasteiger partial charge in [-0.1, -0.05) is 18.7 Å². The molecule has 1 aromatic carbocycles. The number of rotatable bonds is 2. The normalized spacial score (nSPS) is 16.4. The smallest absolute Gasteiger partial charge is 0.229 e. The molecule has 3 aromatic rings. The molecule has 0 radical (unpaired) electrons. The number of benzene rings is 1. The van der Waals surface area contributed by atoms with Gasteiger partial charge in [-0.3, -0.25) is 4.98 Å². The third-order valence-electron chi connectivity index (χ3n) is 3.69. The highest BCUT2D eigenvalue weighted by Crippen LogP contribution is 2.24. The van der Waals surface area contributed by atoms with Crippen molar-refractivity contribution < 1.29 is 0 Å². The van der Waals surface area contributed by atoms with E-state index >= 15 is 0 Å². The Morgan fingerprint density at radius 3 is 2.86 bits per heavy atom. The lowest BCUT2D eigenvalue weighted by molar-refractivity contribution is 1.06. The number of allylic oxidation sites excluding steroid dienone is 1. The van der Waals surface area contributed by atoms with Crippen LogP contribution in [0.3, 0.4) is 0 Å². The lowest BCUT2D eigenvalue weighted by atomic mass is 10.1. The fourth-order valence-electron chi connectivity index (χ4n) is 2.57. The largest absolute Gasteiger partial charge is 0.348 e. The van der Waals surface area contributed by atoms with Gasteiger partial charge in [0.2, 0.25) is 5.95 Å². The lowest BCUT2D eigenvalue weighted by Crippen LogP contribution is -2.11. The second-order valence-electron chi connectivity index (χ2n) is 5.32. The summed E-state index contributed by atoms with van der Waals surface area (Å²) in [5.74, 6) is 1.53. The second kappa shape index (κ2) is 5.11. The van der Waals surface area contributed by atoms with Gasteiger partial charge in [-0.25, -0.2) is 4.98 Å². The molecule has 0 aliphatic carbocycles. The van der Waals surface area contributed by atoms with Gasteiger partial charge in [0.15, 0.2) is 0 Å². The Morgan fingerprint density at radius 1 is 1.14 bits per heavy atom. The number of amidine groups is 1. The number of hydrogen-bond acceptors (Lipinski definition) is 3. The molecule has 0 bridgehead atoms. The monoisotopic (exact) mass is 289 g/mol. The first-order valence-electron chi connectivity index (χ1n) is 7.20. The van der Waals surface area contributed by atoms with Gasteiger partial charge in [-0.15, -0.1) is 0 Å². The molecule has 5 heteroatoms. The van der Waals surface area contributed by atoms with Crippen LogP contribution in [0.4, 0.5) is 5.95 Å². The van der Waals surface area contributed by atoms with Crippen molar-refractivity contribution in [2.24, 2.45) is 4.99 Å². The molecule has 22 heavy (non-hydrogen) atoms. The van der Waals surface area contributed by atoms with Gasteiger partial charge in [0, 0.05) is 30.1 Å². The summed E-state index contributed by atoms with van der Waals surface area (Å²) in [5, 5.41) is 3.17. The van der Waals surface area contributed by atoms with Crippen molar-refractivity contribution >= 4 is 22.8 Å². The van der Waals surface area contributed by atoms with Crippen molar-refractivity contribution in [3.05, 3.63) is 55.0 Å². The number of H-pyrrole nitrogens is 1. The minimum Gasteiger partial charge on any atom is -0.348 e. The maximum Gasteiger partial charge on any atom is 0.229 e. The standard InChI is InChI=1S/C17H15N5/c1-11-4-7-16(19-11)22-17-20-14-6-5-12(9-15(14)21-17)13-3-2-8-18-10-13/h2-3,5-6,8-10H,1,4,7H2,(H2,19,20,21,22). The summed E-state index contributed by atoms with van der Waals surface area (Å²) in [6, 6.07) is 10.1. The second-order valence-corrected chi connectivity index (χ2v) is 5.32. The summed E-state index contributed by atoms with van der Waals surface area (Å²) in [5.41, 5.74) is 5.08. The van der Waals surface area contributed by atoms with Crippen LogP contribution in [0.5, 0.6) is 0 Å². The molecule has 1 aliphatic heterocycles. The van der Waals surface area contributed by atoms with Crippen LogP contribution >= 0.6 is 0 Å². The van der Waals surface area contributed by atoms with Gasteiger partial charge in [0.25, 0.3) is 0 Å². The van der Waals surface area contributed by atoms with E-state index in [1.807, 2.05) is 30.5 Å². The summed E-state index contributed by atoms with van der Waals surface area (Å²) in [6.45, 7) is 3.91.